The first kappa shape index (κ1) is 12.1. The Morgan fingerprint density at radius 1 is 1.24 bits per heavy atom. The Labute approximate surface area is 103 Å². The van der Waals surface area contributed by atoms with Crippen molar-refractivity contribution in [3.8, 4) is 6.07 Å². The van der Waals surface area contributed by atoms with Crippen molar-refractivity contribution >= 4 is 0 Å². The van der Waals surface area contributed by atoms with Gasteiger partial charge in [-0.25, -0.2) is 0 Å². The van der Waals surface area contributed by atoms with Gasteiger partial charge in [-0.1, -0.05) is 29.8 Å². The Hall–Kier alpha value is -1.37. The maximum Gasteiger partial charge on any atom is 0.123 e. The Kier molecular flexibility index (Phi) is 3.78. The van der Waals surface area contributed by atoms with Crippen LogP contribution in [0.3, 0.4) is 0 Å². The van der Waals surface area contributed by atoms with Crippen LogP contribution in [-0.4, -0.2) is 43.0 Å². The molecule has 1 heterocycles. The molecule has 90 valence electrons. The number of nitriles is 1. The van der Waals surface area contributed by atoms with Crippen molar-refractivity contribution in [2.75, 3.05) is 33.2 Å². The smallest absolute Gasteiger partial charge is 0.123 e. The minimum atomic E-state index is -0.0939. The summed E-state index contributed by atoms with van der Waals surface area (Å²) in [5.74, 6) is 0. The summed E-state index contributed by atoms with van der Waals surface area (Å²) >= 11 is 0. The molecule has 0 amide bonds. The van der Waals surface area contributed by atoms with Crippen LogP contribution in [0.15, 0.2) is 24.3 Å². The van der Waals surface area contributed by atoms with E-state index in [-0.39, 0.29) is 6.04 Å². The average molecular weight is 229 g/mol. The van der Waals surface area contributed by atoms with E-state index in [0.29, 0.717) is 0 Å². The van der Waals surface area contributed by atoms with Crippen molar-refractivity contribution in [3.05, 3.63) is 35.4 Å². The molecule has 1 aliphatic rings. The number of likely N-dealkylation sites (N-methyl/N-ethyl adjacent to an activating group) is 1. The standard InChI is InChI=1S/C14H19N3/c1-12-4-3-5-13(10-12)14(11-15)17-8-6-16(2)7-9-17/h3-5,10,14H,6-9H2,1-2H3. The lowest BCUT2D eigenvalue weighted by atomic mass is 10.0. The number of nitrogens with zero attached hydrogens (tertiary/aromatic N) is 3. The zero-order valence-electron chi connectivity index (χ0n) is 10.6. The fourth-order valence-electron chi connectivity index (χ4n) is 2.29. The van der Waals surface area contributed by atoms with Gasteiger partial charge in [0.15, 0.2) is 0 Å². The summed E-state index contributed by atoms with van der Waals surface area (Å²) in [6, 6.07) is 10.6. The van der Waals surface area contributed by atoms with Crippen LogP contribution in [0.4, 0.5) is 0 Å². The normalized spacial score (nSPS) is 19.8. The molecule has 1 fully saturated rings. The van der Waals surface area contributed by atoms with Crippen LogP contribution in [0.25, 0.3) is 0 Å². The molecule has 17 heavy (non-hydrogen) atoms. The molecule has 1 saturated heterocycles. The number of hydrogen-bond donors (Lipinski definition) is 0. The first-order chi connectivity index (χ1) is 8.20. The third-order valence-electron chi connectivity index (χ3n) is 3.38. The fourth-order valence-corrected chi connectivity index (χ4v) is 2.29. The van der Waals surface area contributed by atoms with Gasteiger partial charge < -0.3 is 4.90 Å². The second-order valence-electron chi connectivity index (χ2n) is 4.79. The summed E-state index contributed by atoms with van der Waals surface area (Å²) in [5, 5.41) is 9.38. The molecule has 0 saturated carbocycles. The van der Waals surface area contributed by atoms with Crippen molar-refractivity contribution in [2.45, 2.75) is 13.0 Å². The molecule has 2 rings (SSSR count). The summed E-state index contributed by atoms with van der Waals surface area (Å²) in [6.07, 6.45) is 0. The molecule has 1 atom stereocenters. The van der Waals surface area contributed by atoms with E-state index in [2.05, 4.69) is 48.0 Å². The lowest BCUT2D eigenvalue weighted by molar-refractivity contribution is 0.133. The molecule has 1 aromatic rings. The van der Waals surface area contributed by atoms with Gasteiger partial charge in [-0.2, -0.15) is 5.26 Å². The fraction of sp³-hybridized carbons (Fsp3) is 0.500. The van der Waals surface area contributed by atoms with Gasteiger partial charge in [-0.3, -0.25) is 4.90 Å². The lowest BCUT2D eigenvalue weighted by Gasteiger charge is -2.35. The highest BCUT2D eigenvalue weighted by Crippen LogP contribution is 2.21. The predicted molar refractivity (Wildman–Crippen MR) is 68.6 cm³/mol. The number of rotatable bonds is 2. The molecular weight excluding hydrogens is 210 g/mol. The lowest BCUT2D eigenvalue weighted by Crippen LogP contribution is -2.45. The van der Waals surface area contributed by atoms with Crippen LogP contribution >= 0.6 is 0 Å². The van der Waals surface area contributed by atoms with Crippen LogP contribution in [0.2, 0.25) is 0 Å². The third kappa shape index (κ3) is 2.85. The van der Waals surface area contributed by atoms with E-state index >= 15 is 0 Å². The minimum absolute atomic E-state index is 0.0939. The van der Waals surface area contributed by atoms with Crippen molar-refractivity contribution in [1.82, 2.24) is 9.80 Å². The maximum atomic E-state index is 9.38. The van der Waals surface area contributed by atoms with E-state index in [1.54, 1.807) is 0 Å². The average Bonchev–Trinajstić information content (AvgIpc) is 2.33. The van der Waals surface area contributed by atoms with E-state index in [9.17, 15) is 5.26 Å². The van der Waals surface area contributed by atoms with Crippen LogP contribution in [0.5, 0.6) is 0 Å². The van der Waals surface area contributed by atoms with E-state index in [1.165, 1.54) is 5.56 Å². The van der Waals surface area contributed by atoms with E-state index in [1.807, 2.05) is 6.07 Å². The van der Waals surface area contributed by atoms with Crippen molar-refractivity contribution in [2.24, 2.45) is 0 Å². The van der Waals surface area contributed by atoms with Crippen molar-refractivity contribution in [1.29, 1.82) is 5.26 Å². The zero-order chi connectivity index (χ0) is 12.3. The van der Waals surface area contributed by atoms with E-state index in [4.69, 9.17) is 0 Å². The first-order valence-corrected chi connectivity index (χ1v) is 6.09. The second-order valence-corrected chi connectivity index (χ2v) is 4.79. The molecule has 0 radical (unpaired) electrons. The monoisotopic (exact) mass is 229 g/mol. The molecule has 1 unspecified atom stereocenters. The van der Waals surface area contributed by atoms with Crippen molar-refractivity contribution < 1.29 is 0 Å². The molecule has 0 N–H and O–H groups in total. The molecule has 1 aromatic carbocycles. The number of piperazine rings is 1. The molecule has 0 bridgehead atoms. The van der Waals surface area contributed by atoms with Gasteiger partial charge >= 0.3 is 0 Å². The third-order valence-corrected chi connectivity index (χ3v) is 3.38. The van der Waals surface area contributed by atoms with Crippen LogP contribution in [-0.2, 0) is 0 Å². The van der Waals surface area contributed by atoms with Gasteiger partial charge in [0.25, 0.3) is 0 Å². The van der Waals surface area contributed by atoms with E-state index < -0.39 is 0 Å². The Bertz CT molecular complexity index is 414. The largest absolute Gasteiger partial charge is 0.304 e. The summed E-state index contributed by atoms with van der Waals surface area (Å²) in [4.78, 5) is 4.58. The van der Waals surface area contributed by atoms with Crippen LogP contribution in [0.1, 0.15) is 17.2 Å². The zero-order valence-corrected chi connectivity index (χ0v) is 10.6. The first-order valence-electron chi connectivity index (χ1n) is 6.09. The highest BCUT2D eigenvalue weighted by atomic mass is 15.3. The summed E-state index contributed by atoms with van der Waals surface area (Å²) < 4.78 is 0. The molecule has 3 nitrogen and oxygen atoms in total. The predicted octanol–water partition coefficient (Wildman–Crippen LogP) is 1.81. The molecule has 3 heteroatoms. The number of hydrogen-bond acceptors (Lipinski definition) is 3. The SMILES string of the molecule is Cc1cccc(C(C#N)N2CCN(C)CC2)c1. The molecule has 0 aliphatic carbocycles. The highest BCUT2D eigenvalue weighted by molar-refractivity contribution is 5.28. The summed E-state index contributed by atoms with van der Waals surface area (Å²) in [6.45, 7) is 6.11. The Morgan fingerprint density at radius 2 is 1.94 bits per heavy atom. The van der Waals surface area contributed by atoms with Gasteiger partial charge in [0.1, 0.15) is 6.04 Å². The van der Waals surface area contributed by atoms with Crippen molar-refractivity contribution in [3.63, 3.8) is 0 Å². The number of aryl methyl sites for hydroxylation is 1. The summed E-state index contributed by atoms with van der Waals surface area (Å²) in [5.41, 5.74) is 2.34. The van der Waals surface area contributed by atoms with E-state index in [0.717, 1.165) is 31.7 Å². The minimum Gasteiger partial charge on any atom is -0.304 e. The molecule has 1 aliphatic heterocycles. The molecular formula is C14H19N3. The van der Waals surface area contributed by atoms with Gasteiger partial charge in [-0.15, -0.1) is 0 Å². The van der Waals surface area contributed by atoms with Gasteiger partial charge in [0.2, 0.25) is 0 Å². The maximum absolute atomic E-state index is 9.38. The molecule has 0 aromatic heterocycles. The van der Waals surface area contributed by atoms with Gasteiger partial charge in [0.05, 0.1) is 6.07 Å². The number of benzene rings is 1. The van der Waals surface area contributed by atoms with Gasteiger partial charge in [-0.05, 0) is 19.5 Å². The van der Waals surface area contributed by atoms with Crippen LogP contribution in [0, 0.1) is 18.3 Å². The second kappa shape index (κ2) is 5.31. The topological polar surface area (TPSA) is 30.3 Å². The summed E-state index contributed by atoms with van der Waals surface area (Å²) in [7, 11) is 2.13. The van der Waals surface area contributed by atoms with Gasteiger partial charge in [0, 0.05) is 26.2 Å². The molecule has 0 spiro atoms. The quantitative estimate of drug-likeness (QED) is 0.774. The highest BCUT2D eigenvalue weighted by Gasteiger charge is 2.23. The van der Waals surface area contributed by atoms with Crippen LogP contribution < -0.4 is 0 Å². The Morgan fingerprint density at radius 3 is 2.53 bits per heavy atom. The Balaban J connectivity index is 2.14.